The predicted molar refractivity (Wildman–Crippen MR) is 308 cm³/mol. The third-order valence-corrected chi connectivity index (χ3v) is 16.0. The number of ether oxygens (including phenoxy) is 2. The van der Waals surface area contributed by atoms with Gasteiger partial charge < -0.3 is 50.4 Å². The lowest BCUT2D eigenvalue weighted by Crippen LogP contribution is -2.57. The van der Waals surface area contributed by atoms with Crippen LogP contribution in [0.15, 0.2) is 176 Å². The molecule has 0 aromatic heterocycles. The van der Waals surface area contributed by atoms with Gasteiger partial charge >= 0.3 is 13.6 Å². The highest BCUT2D eigenvalue weighted by atomic mass is 32.1. The van der Waals surface area contributed by atoms with Crippen molar-refractivity contribution < 1.29 is 52.5 Å². The monoisotopic (exact) mass is 1120 g/mol. The van der Waals surface area contributed by atoms with E-state index in [1.54, 1.807) is 115 Å². The molecule has 2 aliphatic rings. The van der Waals surface area contributed by atoms with Crippen LogP contribution in [0.25, 0.3) is 0 Å². The number of imide groups is 1. The first-order chi connectivity index (χ1) is 38.6. The van der Waals surface area contributed by atoms with Crippen LogP contribution in [0.3, 0.4) is 0 Å². The second kappa shape index (κ2) is 25.1. The molecule has 0 radical (unpaired) electrons. The number of carbonyl (C=O) groups excluding carboxylic acids is 4. The van der Waals surface area contributed by atoms with E-state index in [1.807, 2.05) is 50.2 Å². The van der Waals surface area contributed by atoms with Gasteiger partial charge in [0.1, 0.15) is 40.5 Å². The number of phenolic OH excluding ortho intramolecular Hbond substituents is 2. The third kappa shape index (κ3) is 13.0. The number of para-hydroxylation sites is 2. The molecule has 0 aliphatic carbocycles. The number of hydrogen-bond donors (Lipinski definition) is 6. The van der Waals surface area contributed by atoms with E-state index in [0.29, 0.717) is 53.7 Å². The minimum atomic E-state index is -4.64. The first-order valence-electron chi connectivity index (χ1n) is 26.5. The highest BCUT2D eigenvalue weighted by Crippen LogP contribution is 2.58. The van der Waals surface area contributed by atoms with Crippen molar-refractivity contribution >= 4 is 54.3 Å². The van der Waals surface area contributed by atoms with E-state index in [-0.39, 0.29) is 76.8 Å². The lowest BCUT2D eigenvalue weighted by Gasteiger charge is -2.37. The highest BCUT2D eigenvalue weighted by Gasteiger charge is 2.54. The zero-order valence-corrected chi connectivity index (χ0v) is 45.9. The molecule has 1 spiro atoms. The van der Waals surface area contributed by atoms with Crippen LogP contribution in [0.1, 0.15) is 84.1 Å². The minimum absolute atomic E-state index is 0.0500. The number of aromatic hydroxyl groups is 2. The zero-order valence-electron chi connectivity index (χ0n) is 44.2. The quantitative estimate of drug-likeness (QED) is 0.0161. The molecule has 18 heteroatoms. The second-order valence-corrected chi connectivity index (χ2v) is 22.5. The molecule has 0 fully saturated rings. The molecule has 7 aromatic carbocycles. The first-order valence-corrected chi connectivity index (χ1v) is 28.5. The van der Waals surface area contributed by atoms with Gasteiger partial charge in [-0.05, 0) is 116 Å². The molecule has 9 rings (SSSR count). The predicted octanol–water partition coefficient (Wildman–Crippen LogP) is 10.9. The summed E-state index contributed by atoms with van der Waals surface area (Å²) in [5, 5.41) is 30.1. The van der Waals surface area contributed by atoms with Gasteiger partial charge in [0.25, 0.3) is 5.91 Å². The van der Waals surface area contributed by atoms with Gasteiger partial charge in [0.05, 0.1) is 11.6 Å². The summed E-state index contributed by atoms with van der Waals surface area (Å²) in [4.78, 5) is 59.3. The van der Waals surface area contributed by atoms with Gasteiger partial charge in [-0.2, -0.15) is 0 Å². The Bertz CT molecular complexity index is 3310. The Morgan fingerprint density at radius 1 is 0.700 bits per heavy atom. The molecule has 412 valence electrons. The van der Waals surface area contributed by atoms with Crippen LogP contribution in [0, 0.1) is 5.92 Å². The number of esters is 1. The number of hydrogen-bond acceptors (Lipinski definition) is 13. The molecule has 2 heterocycles. The van der Waals surface area contributed by atoms with Crippen molar-refractivity contribution in [2.45, 2.75) is 82.3 Å². The van der Waals surface area contributed by atoms with Gasteiger partial charge in [-0.25, -0.2) is 9.36 Å². The van der Waals surface area contributed by atoms with E-state index in [1.165, 1.54) is 24.3 Å². The van der Waals surface area contributed by atoms with E-state index >= 15 is 14.2 Å². The maximum atomic E-state index is 16.0. The van der Waals surface area contributed by atoms with Crippen molar-refractivity contribution in [1.82, 2.24) is 15.5 Å². The van der Waals surface area contributed by atoms with Crippen LogP contribution < -0.4 is 35.5 Å². The number of benzene rings is 7. The molecule has 7 N–H and O–H groups in total. The van der Waals surface area contributed by atoms with Crippen LogP contribution in [0.2, 0.25) is 0 Å². The number of unbranched alkanes of at least 4 members (excludes halogenated alkanes) is 2. The number of phenols is 2. The largest absolute Gasteiger partial charge is 0.508 e. The molecule has 3 amide bonds. The van der Waals surface area contributed by atoms with E-state index in [2.05, 4.69) is 16.0 Å². The smallest absolute Gasteiger partial charge is 0.453 e. The van der Waals surface area contributed by atoms with Gasteiger partial charge in [-0.1, -0.05) is 123 Å². The minimum Gasteiger partial charge on any atom is -0.508 e. The molecule has 0 saturated carbocycles. The third-order valence-electron chi connectivity index (χ3n) is 13.7. The number of carbonyl (C=O) groups is 4. The molecule has 7 aromatic rings. The summed E-state index contributed by atoms with van der Waals surface area (Å²) in [7, 11) is -4.64. The molecular weight excluding hydrogens is 1050 g/mol. The van der Waals surface area contributed by atoms with E-state index < -0.39 is 54.8 Å². The van der Waals surface area contributed by atoms with Crippen molar-refractivity contribution in [2.75, 3.05) is 11.9 Å². The van der Waals surface area contributed by atoms with Crippen molar-refractivity contribution in [3.63, 3.8) is 0 Å². The normalized spacial score (nSPS) is 14.0. The number of fused-ring (bicyclic) bond motifs is 6. The molecule has 2 aliphatic heterocycles. The number of nitrogens with zero attached hydrogens (tertiary/aromatic N) is 1. The van der Waals surface area contributed by atoms with Crippen LogP contribution in [0.5, 0.6) is 34.5 Å². The van der Waals surface area contributed by atoms with Crippen LogP contribution in [-0.4, -0.2) is 68.3 Å². The highest BCUT2D eigenvalue weighted by molar-refractivity contribution is 7.80. The van der Waals surface area contributed by atoms with Gasteiger partial charge in [0.2, 0.25) is 11.8 Å². The zero-order chi connectivity index (χ0) is 56.4. The fourth-order valence-electron chi connectivity index (χ4n) is 9.96. The molecule has 0 saturated heterocycles. The Hall–Kier alpha value is -8.50. The fourth-order valence-corrected chi connectivity index (χ4v) is 12.3. The van der Waals surface area contributed by atoms with E-state index in [9.17, 15) is 19.8 Å². The summed E-state index contributed by atoms with van der Waals surface area (Å²) in [5.74, 6) is -3.48. The molecular formula is C62H62N5O11PS. The number of anilines is 1. The van der Waals surface area contributed by atoms with Crippen LogP contribution in [0.4, 0.5) is 5.69 Å². The average molecular weight is 1120 g/mol. The number of amides is 3. The summed E-state index contributed by atoms with van der Waals surface area (Å²) in [6.07, 6.45) is 1.40. The van der Waals surface area contributed by atoms with Crippen LogP contribution in [-0.2, 0) is 42.1 Å². The molecule has 0 bridgehead atoms. The van der Waals surface area contributed by atoms with E-state index in [0.717, 1.165) is 10.5 Å². The summed E-state index contributed by atoms with van der Waals surface area (Å²) in [6.45, 7) is 4.18. The van der Waals surface area contributed by atoms with Crippen molar-refractivity contribution in [1.29, 1.82) is 0 Å². The van der Waals surface area contributed by atoms with Crippen molar-refractivity contribution in [2.24, 2.45) is 11.7 Å². The topological polar surface area (TPSA) is 228 Å². The Morgan fingerprint density at radius 3 is 1.80 bits per heavy atom. The van der Waals surface area contributed by atoms with Gasteiger partial charge in [-0.3, -0.25) is 19.3 Å². The van der Waals surface area contributed by atoms with Crippen molar-refractivity contribution in [3.8, 4) is 34.5 Å². The molecule has 80 heavy (non-hydrogen) atoms. The number of nitrogens with two attached hydrogens (primary N) is 1. The lowest BCUT2D eigenvalue weighted by atomic mass is 9.77. The standard InChI is InChI=1S/C62H62N5O11PS/c1-40(2)34-53(66-58(71)52(63)35-41-18-8-3-9-19-41)59(72)67(57(36-42-20-10-4-11-21-42)79(74,77-46-22-12-5-13-23-46)78-47-24-14-6-15-25-47)56(70)26-16-7-17-33-64-61(80)65-43-27-30-49-48(37-43)60(73)76-62(49)50-31-28-44(68)38-54(50)75-55-39-45(69)29-32-51(55)62/h3-6,8-15,18-25,27-32,37-40,52-53,57,68-69H,7,16-17,26,33-36,63H2,1-2H3,(H,66,71)(H2,64,65,80)/t52-,53-,57?/m0/s1. The van der Waals surface area contributed by atoms with Crippen molar-refractivity contribution in [3.05, 3.63) is 209 Å². The summed E-state index contributed by atoms with van der Waals surface area (Å²) < 4.78 is 41.0. The summed E-state index contributed by atoms with van der Waals surface area (Å²) in [5.41, 5.74) is 8.85. The average Bonchev–Trinajstić information content (AvgIpc) is 3.81. The number of rotatable bonds is 22. The fraction of sp³-hybridized carbons (Fsp3) is 0.242. The molecule has 3 atom stereocenters. The van der Waals surface area contributed by atoms with Gasteiger partial charge in [0.15, 0.2) is 16.5 Å². The number of thiocarbonyl (C=S) groups is 1. The summed E-state index contributed by atoms with van der Waals surface area (Å²) >= 11 is 5.68. The molecule has 1 unspecified atom stereocenters. The second-order valence-electron chi connectivity index (χ2n) is 20.1. The maximum Gasteiger partial charge on any atom is 0.453 e. The first kappa shape index (κ1) is 56.2. The lowest BCUT2D eigenvalue weighted by molar-refractivity contribution is -0.149. The molecule has 16 nitrogen and oxygen atoms in total. The Kier molecular flexibility index (Phi) is 17.6. The van der Waals surface area contributed by atoms with E-state index in [4.69, 9.17) is 36.5 Å². The Labute approximate surface area is 469 Å². The van der Waals surface area contributed by atoms with Crippen LogP contribution >= 0.6 is 19.8 Å². The number of nitrogens with one attached hydrogen (secondary N) is 3. The SMILES string of the molecule is CC(C)C[C@H](NC(=O)[C@@H](N)Cc1ccccc1)C(=O)N(C(=O)CCCCCNC(=S)Nc1ccc2c(c1)C(=O)OC21c2ccc(O)cc2Oc2cc(O)ccc21)C(Cc1ccccc1)P(=O)(Oc1ccccc1)Oc1ccccc1. The van der Waals surface area contributed by atoms with Gasteiger partial charge in [0, 0.05) is 53.9 Å². The summed E-state index contributed by atoms with van der Waals surface area (Å²) in [6, 6.07) is 47.2. The Balaban J connectivity index is 0.926. The Morgan fingerprint density at radius 2 is 1.24 bits per heavy atom. The van der Waals surface area contributed by atoms with Gasteiger partial charge in [-0.15, -0.1) is 0 Å². The maximum absolute atomic E-state index is 16.0.